The molecule has 1 heterocycles. The zero-order chi connectivity index (χ0) is 18.6. The molecule has 1 aromatic carbocycles. The molecule has 1 aliphatic heterocycles. The fourth-order valence-corrected chi connectivity index (χ4v) is 4.06. The number of hydrogen-bond acceptors (Lipinski definition) is 4. The minimum atomic E-state index is -0.656. The Labute approximate surface area is 155 Å². The van der Waals surface area contributed by atoms with Crippen molar-refractivity contribution in [2.24, 2.45) is 5.92 Å². The summed E-state index contributed by atoms with van der Waals surface area (Å²) >= 11 is 0. The maximum Gasteiger partial charge on any atom is 0.235 e. The van der Waals surface area contributed by atoms with E-state index in [0.29, 0.717) is 6.54 Å². The van der Waals surface area contributed by atoms with Gasteiger partial charge in [-0.3, -0.25) is 14.5 Å². The molecule has 1 saturated heterocycles. The monoisotopic (exact) mass is 353 g/mol. The van der Waals surface area contributed by atoms with Gasteiger partial charge in [0.05, 0.1) is 12.6 Å². The van der Waals surface area contributed by atoms with Crippen LogP contribution in [0.15, 0.2) is 24.3 Å². The Morgan fingerprint density at radius 3 is 2.38 bits per heavy atom. The Morgan fingerprint density at radius 1 is 1.19 bits per heavy atom. The van der Waals surface area contributed by atoms with Crippen molar-refractivity contribution < 1.29 is 9.59 Å². The minimum absolute atomic E-state index is 0.0392. The fourth-order valence-electron chi connectivity index (χ4n) is 4.06. The predicted molar refractivity (Wildman–Crippen MR) is 99.6 cm³/mol. The van der Waals surface area contributed by atoms with Crippen molar-refractivity contribution in [3.8, 4) is 6.07 Å². The lowest BCUT2D eigenvalue weighted by atomic mass is 9.88. The number of carbonyl (C=O) groups excluding carboxylic acids is 2. The number of aryl methyl sites for hydroxylation is 1. The molecule has 0 radical (unpaired) electrons. The average molecular weight is 353 g/mol. The molecule has 0 bridgehead atoms. The minimum Gasteiger partial charge on any atom is -0.337 e. The highest BCUT2D eigenvalue weighted by molar-refractivity contribution is 5.97. The van der Waals surface area contributed by atoms with E-state index in [9.17, 15) is 14.9 Å². The molecule has 0 spiro atoms. The third-order valence-corrected chi connectivity index (χ3v) is 5.71. The topological polar surface area (TPSA) is 73.2 Å². The Morgan fingerprint density at radius 2 is 1.81 bits per heavy atom. The van der Waals surface area contributed by atoms with Crippen molar-refractivity contribution in [3.63, 3.8) is 0 Å². The van der Waals surface area contributed by atoms with Gasteiger partial charge in [0.2, 0.25) is 5.91 Å². The molecule has 0 aromatic heterocycles. The molecule has 26 heavy (non-hydrogen) atoms. The van der Waals surface area contributed by atoms with Crippen molar-refractivity contribution in [3.05, 3.63) is 35.4 Å². The van der Waals surface area contributed by atoms with Crippen LogP contribution in [0.2, 0.25) is 0 Å². The Bertz CT molecular complexity index is 691. The first-order valence-electron chi connectivity index (χ1n) is 9.57. The van der Waals surface area contributed by atoms with E-state index in [0.717, 1.165) is 62.7 Å². The number of nitriles is 1. The normalized spacial score (nSPS) is 20.5. The van der Waals surface area contributed by atoms with Crippen LogP contribution >= 0.6 is 0 Å². The van der Waals surface area contributed by atoms with E-state index >= 15 is 0 Å². The number of nitrogens with one attached hydrogen (secondary N) is 1. The number of likely N-dealkylation sites (tertiary alicyclic amines) is 1. The lowest BCUT2D eigenvalue weighted by molar-refractivity contribution is -0.123. The summed E-state index contributed by atoms with van der Waals surface area (Å²) in [6.45, 7) is 3.82. The second-order valence-electron chi connectivity index (χ2n) is 7.73. The van der Waals surface area contributed by atoms with Gasteiger partial charge in [0, 0.05) is 11.5 Å². The molecule has 138 valence electrons. The van der Waals surface area contributed by atoms with Gasteiger partial charge >= 0.3 is 0 Å². The molecule has 5 heteroatoms. The van der Waals surface area contributed by atoms with Gasteiger partial charge in [0.25, 0.3) is 0 Å². The molecule has 1 N–H and O–H groups in total. The molecule has 3 rings (SSSR count). The van der Waals surface area contributed by atoms with Crippen LogP contribution in [0, 0.1) is 24.2 Å². The summed E-state index contributed by atoms with van der Waals surface area (Å²) in [5.41, 5.74) is 1.28. The van der Waals surface area contributed by atoms with Gasteiger partial charge in [-0.05, 0) is 58.5 Å². The third-order valence-electron chi connectivity index (χ3n) is 5.71. The summed E-state index contributed by atoms with van der Waals surface area (Å²) in [4.78, 5) is 27.0. The molecule has 0 unspecified atom stereocenters. The van der Waals surface area contributed by atoms with Crippen molar-refractivity contribution in [2.45, 2.75) is 51.0 Å². The van der Waals surface area contributed by atoms with Crippen LogP contribution in [0.3, 0.4) is 0 Å². The molecular formula is C21H27N3O2. The van der Waals surface area contributed by atoms with E-state index in [1.54, 1.807) is 0 Å². The first-order valence-corrected chi connectivity index (χ1v) is 9.57. The summed E-state index contributed by atoms with van der Waals surface area (Å²) in [5.74, 6) is 0.178. The molecular weight excluding hydrogens is 326 g/mol. The van der Waals surface area contributed by atoms with Crippen molar-refractivity contribution in [1.29, 1.82) is 5.26 Å². The number of hydrogen-bond donors (Lipinski definition) is 1. The van der Waals surface area contributed by atoms with Crippen LogP contribution < -0.4 is 5.32 Å². The predicted octanol–water partition coefficient (Wildman–Crippen LogP) is 2.84. The number of Topliss-reactive ketones (excluding diaryl/α,β-unsaturated/α-hetero) is 1. The third kappa shape index (κ3) is 4.31. The van der Waals surface area contributed by atoms with Crippen LogP contribution in [0.1, 0.15) is 54.4 Å². The average Bonchev–Trinajstić information content (AvgIpc) is 3.11. The van der Waals surface area contributed by atoms with E-state index in [1.165, 1.54) is 0 Å². The lowest BCUT2D eigenvalue weighted by Crippen LogP contribution is -2.50. The van der Waals surface area contributed by atoms with E-state index in [-0.39, 0.29) is 17.6 Å². The van der Waals surface area contributed by atoms with Crippen LogP contribution in [0.4, 0.5) is 0 Å². The maximum absolute atomic E-state index is 12.6. The number of carbonyl (C=O) groups is 2. The van der Waals surface area contributed by atoms with E-state index < -0.39 is 5.54 Å². The van der Waals surface area contributed by atoms with Crippen LogP contribution in [0.25, 0.3) is 0 Å². The van der Waals surface area contributed by atoms with E-state index in [2.05, 4.69) is 16.3 Å². The van der Waals surface area contributed by atoms with Crippen molar-refractivity contribution in [1.82, 2.24) is 10.2 Å². The van der Waals surface area contributed by atoms with Crippen LogP contribution in [-0.4, -0.2) is 41.8 Å². The standard InChI is InChI=1S/C21H27N3O2/c1-16-4-6-17(7-5-16)20(26)18-8-12-24(13-9-18)14-19(25)23-21(15-22)10-2-3-11-21/h4-7,18H,2-3,8-14H2,1H3,(H,23,25). The zero-order valence-electron chi connectivity index (χ0n) is 15.5. The van der Waals surface area contributed by atoms with Gasteiger partial charge in [-0.1, -0.05) is 29.8 Å². The molecule has 1 aliphatic carbocycles. The number of amides is 1. The summed E-state index contributed by atoms with van der Waals surface area (Å²) < 4.78 is 0. The number of nitrogens with zero attached hydrogens (tertiary/aromatic N) is 2. The van der Waals surface area contributed by atoms with E-state index in [1.807, 2.05) is 31.2 Å². The molecule has 1 aromatic rings. The number of rotatable bonds is 5. The number of piperidine rings is 1. The largest absolute Gasteiger partial charge is 0.337 e. The fraction of sp³-hybridized carbons (Fsp3) is 0.571. The maximum atomic E-state index is 12.6. The summed E-state index contributed by atoms with van der Waals surface area (Å²) in [6.07, 6.45) is 5.07. The van der Waals surface area contributed by atoms with E-state index in [4.69, 9.17) is 0 Å². The highest BCUT2D eigenvalue weighted by Crippen LogP contribution is 2.29. The van der Waals surface area contributed by atoms with Gasteiger partial charge in [-0.25, -0.2) is 0 Å². The zero-order valence-corrected chi connectivity index (χ0v) is 15.5. The van der Waals surface area contributed by atoms with Gasteiger partial charge in [-0.15, -0.1) is 0 Å². The molecule has 1 amide bonds. The molecule has 5 nitrogen and oxygen atoms in total. The summed E-state index contributed by atoms with van der Waals surface area (Å²) in [5, 5.41) is 12.3. The first-order chi connectivity index (χ1) is 12.5. The quantitative estimate of drug-likeness (QED) is 0.826. The van der Waals surface area contributed by atoms with Crippen LogP contribution in [-0.2, 0) is 4.79 Å². The Kier molecular flexibility index (Phi) is 5.73. The second kappa shape index (κ2) is 8.01. The SMILES string of the molecule is Cc1ccc(C(=O)C2CCN(CC(=O)NC3(C#N)CCCC3)CC2)cc1. The summed E-state index contributed by atoms with van der Waals surface area (Å²) in [7, 11) is 0. The van der Waals surface area contributed by atoms with Crippen LogP contribution in [0.5, 0.6) is 0 Å². The lowest BCUT2D eigenvalue weighted by Gasteiger charge is -2.32. The number of benzene rings is 1. The second-order valence-corrected chi connectivity index (χ2v) is 7.73. The van der Waals surface area contributed by atoms with Crippen molar-refractivity contribution >= 4 is 11.7 Å². The number of ketones is 1. The molecule has 2 fully saturated rings. The van der Waals surface area contributed by atoms with Gasteiger partial charge < -0.3 is 5.32 Å². The molecule has 0 atom stereocenters. The van der Waals surface area contributed by atoms with Crippen molar-refractivity contribution in [2.75, 3.05) is 19.6 Å². The first kappa shape index (κ1) is 18.6. The van der Waals surface area contributed by atoms with Gasteiger partial charge in [-0.2, -0.15) is 5.26 Å². The Hall–Kier alpha value is -2.19. The van der Waals surface area contributed by atoms with Gasteiger partial charge in [0.15, 0.2) is 5.78 Å². The van der Waals surface area contributed by atoms with Gasteiger partial charge in [0.1, 0.15) is 5.54 Å². The Balaban J connectivity index is 1.47. The smallest absolute Gasteiger partial charge is 0.235 e. The molecule has 1 saturated carbocycles. The highest BCUT2D eigenvalue weighted by atomic mass is 16.2. The molecule has 2 aliphatic rings. The highest BCUT2D eigenvalue weighted by Gasteiger charge is 2.36. The summed E-state index contributed by atoms with van der Waals surface area (Å²) in [6, 6.07) is 10.0.